The standard InChI is InChI=1S/C22H46N8O3/c1-22(2,3)20(33)30-17(11-5-7-13-24)19(32)29-16(10-4-6-12-23)18(31)27-14-8-9-15-28-21(25)26/h16-17H,4-15,23-24H2,1-3H3,(H,27,31)(H,29,32)(H,30,33)(H4,25,26,28)/t16-,17-/m0/s1. The lowest BCUT2D eigenvalue weighted by Crippen LogP contribution is -2.55. The van der Waals surface area contributed by atoms with Gasteiger partial charge in [0.15, 0.2) is 5.96 Å². The normalized spacial score (nSPS) is 13.0. The highest BCUT2D eigenvalue weighted by Gasteiger charge is 2.29. The Morgan fingerprint density at radius 3 is 1.82 bits per heavy atom. The van der Waals surface area contributed by atoms with Gasteiger partial charge in [0, 0.05) is 18.5 Å². The van der Waals surface area contributed by atoms with Gasteiger partial charge in [-0.25, -0.2) is 0 Å². The second-order valence-corrected chi connectivity index (χ2v) is 9.21. The number of aliphatic imine (C=N–C) groups is 1. The van der Waals surface area contributed by atoms with Crippen LogP contribution in [0.4, 0.5) is 0 Å². The predicted molar refractivity (Wildman–Crippen MR) is 132 cm³/mol. The van der Waals surface area contributed by atoms with Crippen LogP contribution in [0.2, 0.25) is 0 Å². The van der Waals surface area contributed by atoms with E-state index in [1.165, 1.54) is 0 Å². The molecule has 0 spiro atoms. The summed E-state index contributed by atoms with van der Waals surface area (Å²) >= 11 is 0. The third-order valence-electron chi connectivity index (χ3n) is 5.01. The van der Waals surface area contributed by atoms with Gasteiger partial charge in [-0.3, -0.25) is 19.4 Å². The quantitative estimate of drug-likeness (QED) is 0.0836. The average Bonchev–Trinajstić information content (AvgIpc) is 2.73. The molecule has 11 nitrogen and oxygen atoms in total. The van der Waals surface area contributed by atoms with E-state index in [1.54, 1.807) is 20.8 Å². The minimum atomic E-state index is -0.729. The first kappa shape index (κ1) is 30.6. The van der Waals surface area contributed by atoms with Crippen molar-refractivity contribution in [3.63, 3.8) is 0 Å². The molecule has 192 valence electrons. The van der Waals surface area contributed by atoms with Crippen LogP contribution in [0.5, 0.6) is 0 Å². The van der Waals surface area contributed by atoms with E-state index < -0.39 is 17.5 Å². The highest BCUT2D eigenvalue weighted by molar-refractivity contribution is 5.92. The molecule has 33 heavy (non-hydrogen) atoms. The van der Waals surface area contributed by atoms with Crippen molar-refractivity contribution in [2.75, 3.05) is 26.2 Å². The van der Waals surface area contributed by atoms with E-state index in [2.05, 4.69) is 20.9 Å². The number of nitrogens with two attached hydrogens (primary N) is 4. The molecule has 0 aromatic carbocycles. The van der Waals surface area contributed by atoms with Crippen molar-refractivity contribution in [2.24, 2.45) is 33.3 Å². The van der Waals surface area contributed by atoms with Crippen LogP contribution in [0.25, 0.3) is 0 Å². The van der Waals surface area contributed by atoms with Gasteiger partial charge in [0.1, 0.15) is 12.1 Å². The van der Waals surface area contributed by atoms with Gasteiger partial charge in [-0.05, 0) is 64.5 Å². The summed E-state index contributed by atoms with van der Waals surface area (Å²) in [6.45, 7) is 7.31. The van der Waals surface area contributed by atoms with Gasteiger partial charge in [0.05, 0.1) is 0 Å². The Balaban J connectivity index is 5.05. The molecule has 0 aliphatic carbocycles. The minimum Gasteiger partial charge on any atom is -0.370 e. The molecule has 0 saturated carbocycles. The molecular formula is C22H46N8O3. The molecule has 0 aromatic rings. The molecule has 11 N–H and O–H groups in total. The van der Waals surface area contributed by atoms with Gasteiger partial charge >= 0.3 is 0 Å². The van der Waals surface area contributed by atoms with Crippen LogP contribution in [0.15, 0.2) is 4.99 Å². The maximum absolute atomic E-state index is 13.0. The number of guanidine groups is 1. The molecule has 2 atom stereocenters. The summed E-state index contributed by atoms with van der Waals surface area (Å²) in [5.41, 5.74) is 21.1. The van der Waals surface area contributed by atoms with E-state index in [9.17, 15) is 14.4 Å². The van der Waals surface area contributed by atoms with Crippen molar-refractivity contribution in [1.29, 1.82) is 0 Å². The number of unbranched alkanes of at least 4 members (excludes halogenated alkanes) is 3. The Labute approximate surface area is 198 Å². The number of carbonyl (C=O) groups excluding carboxylic acids is 3. The largest absolute Gasteiger partial charge is 0.370 e. The minimum absolute atomic E-state index is 0.0429. The molecule has 0 aromatic heterocycles. The van der Waals surface area contributed by atoms with Crippen LogP contribution in [0.3, 0.4) is 0 Å². The van der Waals surface area contributed by atoms with Gasteiger partial charge in [-0.1, -0.05) is 20.8 Å². The summed E-state index contributed by atoms with van der Waals surface area (Å²) < 4.78 is 0. The summed E-state index contributed by atoms with van der Waals surface area (Å²) in [4.78, 5) is 42.2. The lowest BCUT2D eigenvalue weighted by atomic mass is 9.94. The summed E-state index contributed by atoms with van der Waals surface area (Å²) in [6.07, 6.45) is 5.23. The third-order valence-corrected chi connectivity index (χ3v) is 5.01. The number of hydrogen-bond donors (Lipinski definition) is 7. The van der Waals surface area contributed by atoms with Gasteiger partial charge in [-0.2, -0.15) is 0 Å². The maximum Gasteiger partial charge on any atom is 0.243 e. The fraction of sp³-hybridized carbons (Fsp3) is 0.818. The first-order chi connectivity index (χ1) is 15.5. The SMILES string of the molecule is CC(C)(C)C(=O)N[C@@H](CCCCN)C(=O)N[C@@H](CCCCN)C(=O)NCCCCN=C(N)N. The third kappa shape index (κ3) is 15.1. The number of nitrogens with one attached hydrogen (secondary N) is 3. The van der Waals surface area contributed by atoms with Crippen LogP contribution in [-0.2, 0) is 14.4 Å². The highest BCUT2D eigenvalue weighted by Crippen LogP contribution is 2.14. The number of nitrogens with zero attached hydrogens (tertiary/aromatic N) is 1. The van der Waals surface area contributed by atoms with E-state index in [1.807, 2.05) is 0 Å². The van der Waals surface area contributed by atoms with E-state index in [-0.39, 0.29) is 23.7 Å². The average molecular weight is 471 g/mol. The topological polar surface area (TPSA) is 204 Å². The molecule has 3 amide bonds. The molecule has 0 radical (unpaired) electrons. The van der Waals surface area contributed by atoms with E-state index in [4.69, 9.17) is 22.9 Å². The van der Waals surface area contributed by atoms with Gasteiger partial charge in [0.2, 0.25) is 17.7 Å². The Bertz CT molecular complexity index is 615. The van der Waals surface area contributed by atoms with E-state index >= 15 is 0 Å². The van der Waals surface area contributed by atoms with Crippen LogP contribution in [-0.4, -0.2) is 61.9 Å². The summed E-state index contributed by atoms with van der Waals surface area (Å²) in [5, 5.41) is 8.52. The summed E-state index contributed by atoms with van der Waals surface area (Å²) in [6, 6.07) is -1.43. The van der Waals surface area contributed by atoms with Gasteiger partial charge in [-0.15, -0.1) is 0 Å². The molecule has 0 fully saturated rings. The molecule has 0 aliphatic rings. The zero-order valence-corrected chi connectivity index (χ0v) is 20.6. The van der Waals surface area contributed by atoms with Crippen molar-refractivity contribution >= 4 is 23.7 Å². The highest BCUT2D eigenvalue weighted by atomic mass is 16.2. The first-order valence-electron chi connectivity index (χ1n) is 11.9. The lowest BCUT2D eigenvalue weighted by Gasteiger charge is -2.26. The van der Waals surface area contributed by atoms with Gasteiger partial charge in [0.25, 0.3) is 0 Å². The molecular weight excluding hydrogens is 424 g/mol. The Morgan fingerprint density at radius 1 is 0.788 bits per heavy atom. The maximum atomic E-state index is 13.0. The van der Waals surface area contributed by atoms with Gasteiger partial charge < -0.3 is 38.9 Å². The fourth-order valence-corrected chi connectivity index (χ4v) is 2.95. The zero-order valence-electron chi connectivity index (χ0n) is 20.6. The lowest BCUT2D eigenvalue weighted by molar-refractivity contribution is -0.135. The summed E-state index contributed by atoms with van der Waals surface area (Å²) in [7, 11) is 0. The second-order valence-electron chi connectivity index (χ2n) is 9.21. The number of rotatable bonds is 17. The van der Waals surface area contributed by atoms with Crippen molar-refractivity contribution in [3.05, 3.63) is 0 Å². The van der Waals surface area contributed by atoms with E-state index in [0.717, 1.165) is 19.3 Å². The van der Waals surface area contributed by atoms with Crippen molar-refractivity contribution < 1.29 is 14.4 Å². The molecule has 0 bridgehead atoms. The zero-order chi connectivity index (χ0) is 25.3. The first-order valence-corrected chi connectivity index (χ1v) is 11.9. The van der Waals surface area contributed by atoms with Crippen LogP contribution in [0.1, 0.15) is 72.1 Å². The van der Waals surface area contributed by atoms with Crippen LogP contribution >= 0.6 is 0 Å². The fourth-order valence-electron chi connectivity index (χ4n) is 2.95. The molecule has 0 heterocycles. The molecule has 0 unspecified atom stereocenters. The van der Waals surface area contributed by atoms with E-state index in [0.29, 0.717) is 58.3 Å². The van der Waals surface area contributed by atoms with Crippen LogP contribution in [0, 0.1) is 5.41 Å². The second kappa shape index (κ2) is 17.1. The predicted octanol–water partition coefficient (Wildman–Crippen LogP) is -0.570. The molecule has 0 saturated heterocycles. The Hall–Kier alpha value is -2.40. The molecule has 11 heteroatoms. The van der Waals surface area contributed by atoms with Crippen molar-refractivity contribution in [1.82, 2.24) is 16.0 Å². The monoisotopic (exact) mass is 470 g/mol. The van der Waals surface area contributed by atoms with Crippen molar-refractivity contribution in [3.8, 4) is 0 Å². The van der Waals surface area contributed by atoms with Crippen LogP contribution < -0.4 is 38.9 Å². The number of amides is 3. The number of hydrogen-bond acceptors (Lipinski definition) is 6. The van der Waals surface area contributed by atoms with Crippen molar-refractivity contribution in [2.45, 2.75) is 84.2 Å². The smallest absolute Gasteiger partial charge is 0.243 e. The Kier molecular flexibility index (Phi) is 15.9. The number of carbonyl (C=O) groups is 3. The Morgan fingerprint density at radius 2 is 1.33 bits per heavy atom. The molecule has 0 aliphatic heterocycles. The molecule has 0 rings (SSSR count). The summed E-state index contributed by atoms with van der Waals surface area (Å²) in [5.74, 6) is -0.808.